The van der Waals surface area contributed by atoms with Crippen molar-refractivity contribution in [1.82, 2.24) is 9.55 Å². The summed E-state index contributed by atoms with van der Waals surface area (Å²) < 4.78 is 21.8. The van der Waals surface area contributed by atoms with Gasteiger partial charge in [-0.25, -0.2) is 9.36 Å². The first kappa shape index (κ1) is 19.8. The fourth-order valence-corrected chi connectivity index (χ4v) is 3.83. The maximum atomic E-state index is 12.2. The van der Waals surface area contributed by atoms with Crippen molar-refractivity contribution >= 4 is 31.3 Å². The molecule has 3 atom stereocenters. The molecular formula is C14H16N3O8PS. The van der Waals surface area contributed by atoms with Crippen molar-refractivity contribution in [3.05, 3.63) is 33.7 Å². The predicted octanol–water partition coefficient (Wildman–Crippen LogP) is 0.124. The molecule has 1 aliphatic rings. The zero-order valence-corrected chi connectivity index (χ0v) is 15.4. The van der Waals surface area contributed by atoms with Gasteiger partial charge in [-0.3, -0.25) is 13.9 Å². The van der Waals surface area contributed by atoms with Gasteiger partial charge in [-0.05, 0) is 12.1 Å². The highest BCUT2D eigenvalue weighted by Crippen LogP contribution is 2.38. The lowest BCUT2D eigenvalue weighted by molar-refractivity contribution is -0.0449. The number of hydrogen-bond donors (Lipinski definition) is 4. The largest absolute Gasteiger partial charge is 0.469 e. The Kier molecular flexibility index (Phi) is 5.58. The van der Waals surface area contributed by atoms with E-state index in [0.29, 0.717) is 21.6 Å². The number of carbonyl (C=O) groups is 1. The number of nitrogen functional groups attached to an aromatic ring is 1. The van der Waals surface area contributed by atoms with Crippen LogP contribution < -0.4 is 11.4 Å². The first-order chi connectivity index (χ1) is 12.7. The molecule has 2 aromatic rings. The zero-order chi connectivity index (χ0) is 19.8. The highest BCUT2D eigenvalue weighted by molar-refractivity contribution is 7.46. The molecule has 0 aliphatic carbocycles. The van der Waals surface area contributed by atoms with Crippen molar-refractivity contribution in [2.24, 2.45) is 0 Å². The fraction of sp³-hybridized carbons (Fsp3) is 0.357. The van der Waals surface area contributed by atoms with E-state index in [-0.39, 0.29) is 12.2 Å². The number of ether oxygens (including phenoxy) is 1. The van der Waals surface area contributed by atoms with Crippen LogP contribution in [0.3, 0.4) is 0 Å². The van der Waals surface area contributed by atoms with Gasteiger partial charge in [0.15, 0.2) is 6.29 Å². The van der Waals surface area contributed by atoms with Gasteiger partial charge in [-0.15, -0.1) is 11.3 Å². The quantitative estimate of drug-likeness (QED) is 0.373. The van der Waals surface area contributed by atoms with Crippen LogP contribution in [0, 0.1) is 0 Å². The third-order valence-electron chi connectivity index (χ3n) is 3.91. The third-order valence-corrected chi connectivity index (χ3v) is 5.44. The van der Waals surface area contributed by atoms with Crippen LogP contribution in [0.2, 0.25) is 0 Å². The van der Waals surface area contributed by atoms with Gasteiger partial charge in [-0.2, -0.15) is 4.98 Å². The number of rotatable bonds is 6. The molecule has 0 saturated carbocycles. The molecule has 1 fully saturated rings. The summed E-state index contributed by atoms with van der Waals surface area (Å²) in [7, 11) is -4.72. The Balaban J connectivity index is 1.86. The van der Waals surface area contributed by atoms with Crippen LogP contribution >= 0.6 is 19.2 Å². The molecular weight excluding hydrogens is 401 g/mol. The molecule has 5 N–H and O–H groups in total. The SMILES string of the molecule is Nc1nc(=O)n([C@H]2C[C@H](O)[C@@H](COP(=O)(O)O)O2)cc1-c1ccc(C=O)s1. The van der Waals surface area contributed by atoms with Crippen molar-refractivity contribution in [3.63, 3.8) is 0 Å². The van der Waals surface area contributed by atoms with E-state index < -0.39 is 38.6 Å². The molecule has 3 heterocycles. The molecule has 2 aromatic heterocycles. The van der Waals surface area contributed by atoms with Gasteiger partial charge in [0, 0.05) is 17.5 Å². The van der Waals surface area contributed by atoms with E-state index in [2.05, 4.69) is 9.51 Å². The predicted molar refractivity (Wildman–Crippen MR) is 94.1 cm³/mol. The highest BCUT2D eigenvalue weighted by Gasteiger charge is 2.37. The Morgan fingerprint density at radius 2 is 2.22 bits per heavy atom. The van der Waals surface area contributed by atoms with Crippen molar-refractivity contribution < 1.29 is 33.5 Å². The number of nitrogens with zero attached hydrogens (tertiary/aromatic N) is 2. The molecule has 11 nitrogen and oxygen atoms in total. The summed E-state index contributed by atoms with van der Waals surface area (Å²) >= 11 is 1.17. The van der Waals surface area contributed by atoms with E-state index in [4.69, 9.17) is 20.3 Å². The fourth-order valence-electron chi connectivity index (χ4n) is 2.64. The molecule has 0 radical (unpaired) electrons. The summed E-state index contributed by atoms with van der Waals surface area (Å²) in [6, 6.07) is 3.27. The first-order valence-electron chi connectivity index (χ1n) is 7.65. The van der Waals surface area contributed by atoms with Gasteiger partial charge in [0.2, 0.25) is 0 Å². The van der Waals surface area contributed by atoms with Crippen molar-refractivity contribution in [3.8, 4) is 10.4 Å². The molecule has 0 unspecified atom stereocenters. The number of aliphatic hydroxyl groups excluding tert-OH is 1. The number of carbonyl (C=O) groups excluding carboxylic acids is 1. The summed E-state index contributed by atoms with van der Waals surface area (Å²) in [5.74, 6) is -0.0181. The third kappa shape index (κ3) is 4.50. The molecule has 1 saturated heterocycles. The van der Waals surface area contributed by atoms with Crippen molar-refractivity contribution in [2.45, 2.75) is 24.9 Å². The lowest BCUT2D eigenvalue weighted by Gasteiger charge is -2.17. The minimum Gasteiger partial charge on any atom is -0.390 e. The molecule has 0 bridgehead atoms. The summed E-state index contributed by atoms with van der Waals surface area (Å²) in [6.07, 6.45) is -0.957. The number of aliphatic hydroxyl groups is 1. The van der Waals surface area contributed by atoms with Gasteiger partial charge in [0.1, 0.15) is 18.1 Å². The molecule has 0 spiro atoms. The lowest BCUT2D eigenvalue weighted by Crippen LogP contribution is -2.29. The van der Waals surface area contributed by atoms with E-state index in [9.17, 15) is 19.3 Å². The van der Waals surface area contributed by atoms with Gasteiger partial charge in [0.05, 0.1) is 23.2 Å². The lowest BCUT2D eigenvalue weighted by atomic mass is 10.2. The Morgan fingerprint density at radius 1 is 1.48 bits per heavy atom. The number of phosphoric ester groups is 1. The molecule has 0 amide bonds. The maximum Gasteiger partial charge on any atom is 0.469 e. The van der Waals surface area contributed by atoms with Crippen molar-refractivity contribution in [2.75, 3.05) is 12.3 Å². The van der Waals surface area contributed by atoms with E-state index in [1.165, 1.54) is 17.5 Å². The van der Waals surface area contributed by atoms with Crippen LogP contribution in [-0.4, -0.2) is 49.5 Å². The number of aldehydes is 1. The Labute approximate surface area is 156 Å². The zero-order valence-electron chi connectivity index (χ0n) is 13.7. The van der Waals surface area contributed by atoms with Gasteiger partial charge < -0.3 is 25.4 Å². The molecule has 1 aliphatic heterocycles. The van der Waals surface area contributed by atoms with Gasteiger partial charge in [-0.1, -0.05) is 0 Å². The molecule has 146 valence electrons. The summed E-state index contributed by atoms with van der Waals surface area (Å²) in [4.78, 5) is 45.4. The Morgan fingerprint density at radius 3 is 2.85 bits per heavy atom. The minimum absolute atomic E-state index is 0.00976. The normalized spacial score (nSPS) is 22.9. The van der Waals surface area contributed by atoms with Crippen LogP contribution in [0.5, 0.6) is 0 Å². The van der Waals surface area contributed by atoms with Crippen molar-refractivity contribution in [1.29, 1.82) is 0 Å². The minimum atomic E-state index is -4.72. The van der Waals surface area contributed by atoms with E-state index in [1.807, 2.05) is 0 Å². The Bertz CT molecular complexity index is 954. The van der Waals surface area contributed by atoms with Crippen LogP contribution in [0.25, 0.3) is 10.4 Å². The van der Waals surface area contributed by atoms with E-state index in [0.717, 1.165) is 4.57 Å². The number of thiophene rings is 1. The second-order valence-electron chi connectivity index (χ2n) is 5.77. The summed E-state index contributed by atoms with van der Waals surface area (Å²) in [5.41, 5.74) is 5.53. The second-order valence-corrected chi connectivity index (χ2v) is 8.12. The van der Waals surface area contributed by atoms with E-state index >= 15 is 0 Å². The van der Waals surface area contributed by atoms with Crippen LogP contribution in [0.1, 0.15) is 22.3 Å². The topological polar surface area (TPSA) is 174 Å². The van der Waals surface area contributed by atoms with Gasteiger partial charge in [0.25, 0.3) is 0 Å². The summed E-state index contributed by atoms with van der Waals surface area (Å²) in [6.45, 7) is -0.542. The van der Waals surface area contributed by atoms with Crippen LogP contribution in [0.4, 0.5) is 5.82 Å². The number of phosphoric acid groups is 1. The first-order valence-corrected chi connectivity index (χ1v) is 10.0. The van der Waals surface area contributed by atoms with E-state index in [1.54, 1.807) is 12.1 Å². The highest BCUT2D eigenvalue weighted by atomic mass is 32.1. The Hall–Kier alpha value is -1.92. The average molecular weight is 417 g/mol. The molecule has 3 rings (SSSR count). The number of anilines is 1. The van der Waals surface area contributed by atoms with Crippen LogP contribution in [0.15, 0.2) is 23.1 Å². The second kappa shape index (κ2) is 7.60. The number of aromatic nitrogens is 2. The molecule has 0 aromatic carbocycles. The molecule has 13 heteroatoms. The smallest absolute Gasteiger partial charge is 0.390 e. The standard InChI is InChI=1S/C14H16N3O8PS/c15-13-8(11-2-1-7(5-18)27-11)4-17(14(20)16-13)12-3-9(19)10(25-12)6-24-26(21,22)23/h1-2,4-5,9-10,12,19H,3,6H2,(H2,15,16,20)(H2,21,22,23)/t9-,10+,12+/m0/s1. The monoisotopic (exact) mass is 417 g/mol. The molecule has 27 heavy (non-hydrogen) atoms. The van der Waals surface area contributed by atoms with Gasteiger partial charge >= 0.3 is 13.5 Å². The number of nitrogens with two attached hydrogens (primary N) is 1. The van der Waals surface area contributed by atoms with Crippen LogP contribution in [-0.2, 0) is 13.8 Å². The maximum absolute atomic E-state index is 12.2. The summed E-state index contributed by atoms with van der Waals surface area (Å²) in [5, 5.41) is 10.0. The number of hydrogen-bond acceptors (Lipinski definition) is 9. The average Bonchev–Trinajstić information content (AvgIpc) is 3.19.